The van der Waals surface area contributed by atoms with E-state index in [4.69, 9.17) is 0 Å². The van der Waals surface area contributed by atoms with Crippen LogP contribution in [-0.4, -0.2) is 40.0 Å². The molecule has 0 saturated heterocycles. The molecule has 1 N–H and O–H groups in total. The van der Waals surface area contributed by atoms with Crippen LogP contribution in [0.1, 0.15) is 46.4 Å². The first-order valence-corrected chi connectivity index (χ1v) is 7.51. The summed E-state index contributed by atoms with van der Waals surface area (Å²) in [4.78, 5) is 18.4. The number of likely N-dealkylation sites (N-methyl/N-ethyl adjacent to an activating group) is 1. The Morgan fingerprint density at radius 3 is 2.55 bits per heavy atom. The number of aromatic nitrogens is 2. The van der Waals surface area contributed by atoms with Crippen molar-refractivity contribution in [2.75, 3.05) is 19.6 Å². The molecule has 0 aliphatic heterocycles. The summed E-state index contributed by atoms with van der Waals surface area (Å²) in [5, 5.41) is 3.39. The number of amides is 1. The zero-order chi connectivity index (χ0) is 15.1. The molecule has 0 bridgehead atoms. The Hall–Kier alpha value is -1.36. The van der Waals surface area contributed by atoms with Gasteiger partial charge in [-0.15, -0.1) is 0 Å². The third kappa shape index (κ3) is 4.34. The summed E-state index contributed by atoms with van der Waals surface area (Å²) in [5.41, 5.74) is 1.05. The van der Waals surface area contributed by atoms with Gasteiger partial charge in [-0.3, -0.25) is 4.79 Å². The van der Waals surface area contributed by atoms with E-state index in [-0.39, 0.29) is 11.9 Å². The van der Waals surface area contributed by atoms with E-state index in [1.165, 1.54) is 0 Å². The summed E-state index contributed by atoms with van der Waals surface area (Å²) >= 11 is 0. The van der Waals surface area contributed by atoms with Crippen molar-refractivity contribution in [3.63, 3.8) is 0 Å². The fraction of sp³-hybridized carbons (Fsp3) is 0.733. The molecule has 1 aromatic heterocycles. The number of nitrogens with one attached hydrogen (secondary N) is 1. The summed E-state index contributed by atoms with van der Waals surface area (Å²) in [6.45, 7) is 13.5. The zero-order valence-electron chi connectivity index (χ0n) is 13.4. The maximum Gasteiger partial charge on any atom is 0.245 e. The highest BCUT2D eigenvalue weighted by molar-refractivity contribution is 5.80. The molecule has 114 valence electrons. The van der Waals surface area contributed by atoms with Crippen LogP contribution in [-0.2, 0) is 11.3 Å². The minimum absolute atomic E-state index is 0.151. The van der Waals surface area contributed by atoms with E-state index in [0.717, 1.165) is 31.9 Å². The minimum atomic E-state index is -0.201. The highest BCUT2D eigenvalue weighted by Crippen LogP contribution is 2.13. The number of imidazole rings is 1. The molecular formula is C15H28N4O. The SMILES string of the molecule is CCN(CC)C(=O)C(C)n1cncc1CNCC(C)C. The zero-order valence-corrected chi connectivity index (χ0v) is 13.4. The summed E-state index contributed by atoms with van der Waals surface area (Å²) in [5.74, 6) is 0.763. The normalized spacial score (nSPS) is 12.7. The molecule has 5 heteroatoms. The van der Waals surface area contributed by atoms with Crippen molar-refractivity contribution in [1.29, 1.82) is 0 Å². The number of hydrogen-bond donors (Lipinski definition) is 1. The molecule has 1 atom stereocenters. The van der Waals surface area contributed by atoms with E-state index in [1.807, 2.05) is 36.4 Å². The number of rotatable bonds is 8. The second-order valence-corrected chi connectivity index (χ2v) is 5.50. The third-order valence-electron chi connectivity index (χ3n) is 3.45. The Kier molecular flexibility index (Phi) is 6.71. The molecule has 1 unspecified atom stereocenters. The lowest BCUT2D eigenvalue weighted by molar-refractivity contribution is -0.133. The summed E-state index contributed by atoms with van der Waals surface area (Å²) < 4.78 is 1.97. The summed E-state index contributed by atoms with van der Waals surface area (Å²) in [6.07, 6.45) is 3.58. The first-order chi connectivity index (χ1) is 9.51. The van der Waals surface area contributed by atoms with E-state index < -0.39 is 0 Å². The largest absolute Gasteiger partial charge is 0.341 e. The van der Waals surface area contributed by atoms with Gasteiger partial charge in [0.2, 0.25) is 5.91 Å². The summed E-state index contributed by atoms with van der Waals surface area (Å²) in [6, 6.07) is -0.201. The molecule has 0 fully saturated rings. The van der Waals surface area contributed by atoms with Gasteiger partial charge in [-0.25, -0.2) is 4.98 Å². The van der Waals surface area contributed by atoms with Crippen LogP contribution in [0.2, 0.25) is 0 Å². The Bertz CT molecular complexity index is 410. The van der Waals surface area contributed by atoms with Crippen LogP contribution in [0.4, 0.5) is 0 Å². The van der Waals surface area contributed by atoms with Crippen molar-refractivity contribution < 1.29 is 4.79 Å². The predicted molar refractivity (Wildman–Crippen MR) is 81.4 cm³/mol. The van der Waals surface area contributed by atoms with E-state index in [9.17, 15) is 4.79 Å². The van der Waals surface area contributed by atoms with E-state index >= 15 is 0 Å². The molecule has 1 rings (SSSR count). The van der Waals surface area contributed by atoms with Gasteiger partial charge in [-0.05, 0) is 33.2 Å². The van der Waals surface area contributed by atoms with Crippen molar-refractivity contribution >= 4 is 5.91 Å². The van der Waals surface area contributed by atoms with Gasteiger partial charge in [-0.1, -0.05) is 13.8 Å². The lowest BCUT2D eigenvalue weighted by atomic mass is 10.2. The van der Waals surface area contributed by atoms with Crippen molar-refractivity contribution in [2.24, 2.45) is 5.92 Å². The average molecular weight is 280 g/mol. The Balaban J connectivity index is 2.71. The molecule has 20 heavy (non-hydrogen) atoms. The molecule has 1 amide bonds. The molecule has 1 heterocycles. The van der Waals surface area contributed by atoms with Gasteiger partial charge < -0.3 is 14.8 Å². The van der Waals surface area contributed by atoms with Crippen LogP contribution in [0.5, 0.6) is 0 Å². The molecule has 0 spiro atoms. The second-order valence-electron chi connectivity index (χ2n) is 5.50. The van der Waals surface area contributed by atoms with Gasteiger partial charge in [-0.2, -0.15) is 0 Å². The predicted octanol–water partition coefficient (Wildman–Crippen LogP) is 2.06. The van der Waals surface area contributed by atoms with Crippen molar-refractivity contribution in [2.45, 2.75) is 47.2 Å². The van der Waals surface area contributed by atoms with Gasteiger partial charge in [0.05, 0.1) is 12.0 Å². The maximum atomic E-state index is 12.4. The smallest absolute Gasteiger partial charge is 0.245 e. The van der Waals surface area contributed by atoms with Crippen molar-refractivity contribution in [1.82, 2.24) is 19.8 Å². The topological polar surface area (TPSA) is 50.2 Å². The monoisotopic (exact) mass is 280 g/mol. The second kappa shape index (κ2) is 8.04. The molecule has 0 saturated carbocycles. The van der Waals surface area contributed by atoms with Gasteiger partial charge >= 0.3 is 0 Å². The van der Waals surface area contributed by atoms with Crippen molar-refractivity contribution in [3.05, 3.63) is 18.2 Å². The number of carbonyl (C=O) groups excluding carboxylic acids is 1. The Morgan fingerprint density at radius 1 is 1.35 bits per heavy atom. The highest BCUT2D eigenvalue weighted by Gasteiger charge is 2.21. The van der Waals surface area contributed by atoms with Crippen LogP contribution in [0.3, 0.4) is 0 Å². The van der Waals surface area contributed by atoms with E-state index in [2.05, 4.69) is 24.1 Å². The van der Waals surface area contributed by atoms with E-state index in [0.29, 0.717) is 5.92 Å². The third-order valence-corrected chi connectivity index (χ3v) is 3.45. The molecule has 5 nitrogen and oxygen atoms in total. The van der Waals surface area contributed by atoms with Gasteiger partial charge in [0.25, 0.3) is 0 Å². The minimum Gasteiger partial charge on any atom is -0.341 e. The van der Waals surface area contributed by atoms with Gasteiger partial charge in [0, 0.05) is 25.8 Å². The van der Waals surface area contributed by atoms with Crippen LogP contribution in [0.25, 0.3) is 0 Å². The molecule has 0 aliphatic rings. The van der Waals surface area contributed by atoms with Crippen LogP contribution in [0, 0.1) is 5.92 Å². The summed E-state index contributed by atoms with van der Waals surface area (Å²) in [7, 11) is 0. The first kappa shape index (κ1) is 16.7. The van der Waals surface area contributed by atoms with Gasteiger partial charge in [0.1, 0.15) is 6.04 Å². The molecular weight excluding hydrogens is 252 g/mol. The number of hydrogen-bond acceptors (Lipinski definition) is 3. The average Bonchev–Trinajstić information content (AvgIpc) is 2.87. The molecule has 0 radical (unpaired) electrons. The lowest BCUT2D eigenvalue weighted by Gasteiger charge is -2.24. The molecule has 0 aromatic carbocycles. The lowest BCUT2D eigenvalue weighted by Crippen LogP contribution is -2.36. The highest BCUT2D eigenvalue weighted by atomic mass is 16.2. The van der Waals surface area contributed by atoms with Crippen molar-refractivity contribution in [3.8, 4) is 0 Å². The van der Waals surface area contributed by atoms with Crippen LogP contribution in [0.15, 0.2) is 12.5 Å². The Labute approximate surface area is 122 Å². The first-order valence-electron chi connectivity index (χ1n) is 7.51. The van der Waals surface area contributed by atoms with E-state index in [1.54, 1.807) is 6.33 Å². The molecule has 1 aromatic rings. The van der Waals surface area contributed by atoms with Gasteiger partial charge in [0.15, 0.2) is 0 Å². The fourth-order valence-electron chi connectivity index (χ4n) is 2.23. The van der Waals surface area contributed by atoms with Crippen LogP contribution < -0.4 is 5.32 Å². The number of nitrogens with zero attached hydrogens (tertiary/aromatic N) is 3. The fourth-order valence-corrected chi connectivity index (χ4v) is 2.23. The number of carbonyl (C=O) groups is 1. The Morgan fingerprint density at radius 2 is 2.00 bits per heavy atom. The molecule has 0 aliphatic carbocycles. The standard InChI is InChI=1S/C15H28N4O/c1-6-18(7-2)15(20)13(5)19-11-17-10-14(19)9-16-8-12(3)4/h10-13,16H,6-9H2,1-5H3. The quantitative estimate of drug-likeness (QED) is 0.793. The van der Waals surface area contributed by atoms with Crippen LogP contribution >= 0.6 is 0 Å². The maximum absolute atomic E-state index is 12.4.